The van der Waals surface area contributed by atoms with Gasteiger partial charge in [0.1, 0.15) is 11.6 Å². The third kappa shape index (κ3) is 6.14. The van der Waals surface area contributed by atoms with Gasteiger partial charge < -0.3 is 15.1 Å². The van der Waals surface area contributed by atoms with Gasteiger partial charge in [0.05, 0.1) is 12.6 Å². The summed E-state index contributed by atoms with van der Waals surface area (Å²) in [5.74, 6) is -0.439. The van der Waals surface area contributed by atoms with Crippen molar-refractivity contribution in [3.63, 3.8) is 0 Å². The van der Waals surface area contributed by atoms with E-state index in [1.165, 1.54) is 15.0 Å². The molecular weight excluding hydrogens is 498 g/mol. The van der Waals surface area contributed by atoms with Gasteiger partial charge in [0.2, 0.25) is 5.91 Å². The summed E-state index contributed by atoms with van der Waals surface area (Å²) < 4.78 is 6.92. The first-order valence-electron chi connectivity index (χ1n) is 13.2. The highest BCUT2D eigenvalue weighted by molar-refractivity contribution is 7.19. The van der Waals surface area contributed by atoms with E-state index in [1.807, 2.05) is 44.2 Å². The minimum atomic E-state index is -0.763. The number of hydrogen-bond acceptors (Lipinski definition) is 6. The Labute approximate surface area is 226 Å². The van der Waals surface area contributed by atoms with Crippen molar-refractivity contribution in [2.24, 2.45) is 5.92 Å². The van der Waals surface area contributed by atoms with Gasteiger partial charge in [-0.25, -0.2) is 0 Å². The number of fused-ring (bicyclic) bond motifs is 2. The molecule has 1 unspecified atom stereocenters. The molecule has 1 saturated heterocycles. The molecule has 1 aliphatic rings. The predicted octanol–water partition coefficient (Wildman–Crippen LogP) is 5.14. The number of Topliss-reactive ketones (excluding diaryl/α,β-unsaturated/α-hetero) is 1. The monoisotopic (exact) mass is 531 g/mol. The Morgan fingerprint density at radius 2 is 1.84 bits per heavy atom. The van der Waals surface area contributed by atoms with Crippen LogP contribution in [0.2, 0.25) is 0 Å². The minimum Gasteiger partial charge on any atom is -0.451 e. The molecule has 0 saturated carbocycles. The van der Waals surface area contributed by atoms with Crippen molar-refractivity contribution in [2.75, 3.05) is 13.1 Å². The zero-order valence-electron chi connectivity index (χ0n) is 21.7. The highest BCUT2D eigenvalue weighted by atomic mass is 32.1. The Kier molecular flexibility index (Phi) is 7.90. The van der Waals surface area contributed by atoms with Crippen LogP contribution in [0.4, 0.5) is 0 Å². The van der Waals surface area contributed by atoms with E-state index in [4.69, 9.17) is 4.42 Å². The number of carbonyl (C=O) groups is 3. The number of hydrogen-bond donors (Lipinski definition) is 2. The van der Waals surface area contributed by atoms with Crippen LogP contribution in [0.25, 0.3) is 21.1 Å². The molecule has 2 amide bonds. The first-order chi connectivity index (χ1) is 18.4. The molecule has 198 valence electrons. The zero-order valence-corrected chi connectivity index (χ0v) is 22.6. The Morgan fingerprint density at radius 3 is 2.61 bits per heavy atom. The number of para-hydroxylation sites is 1. The van der Waals surface area contributed by atoms with Gasteiger partial charge >= 0.3 is 0 Å². The fourth-order valence-corrected chi connectivity index (χ4v) is 6.12. The maximum absolute atomic E-state index is 13.3. The Morgan fingerprint density at radius 1 is 1.08 bits per heavy atom. The van der Waals surface area contributed by atoms with Crippen LogP contribution in [0.5, 0.6) is 0 Å². The fourth-order valence-electron chi connectivity index (χ4n) is 5.01. The molecule has 2 aromatic carbocycles. The molecule has 1 fully saturated rings. The smallest absolute Gasteiger partial charge is 0.287 e. The van der Waals surface area contributed by atoms with E-state index >= 15 is 0 Å². The number of rotatable bonds is 8. The predicted molar refractivity (Wildman–Crippen MR) is 150 cm³/mol. The number of thiophene rings is 1. The van der Waals surface area contributed by atoms with E-state index in [2.05, 4.69) is 33.7 Å². The molecule has 0 spiro atoms. The molecular formula is C30H33N3O4S. The summed E-state index contributed by atoms with van der Waals surface area (Å²) in [5, 5.41) is 7.83. The molecule has 1 aliphatic heterocycles. The maximum atomic E-state index is 13.3. The van der Waals surface area contributed by atoms with Crippen molar-refractivity contribution < 1.29 is 18.8 Å². The highest BCUT2D eigenvalue weighted by Crippen LogP contribution is 2.27. The second kappa shape index (κ2) is 11.5. The molecule has 2 N–H and O–H groups in total. The van der Waals surface area contributed by atoms with Crippen molar-refractivity contribution in [1.29, 1.82) is 0 Å². The van der Waals surface area contributed by atoms with Crippen LogP contribution in [-0.4, -0.2) is 47.7 Å². The normalized spacial score (nSPS) is 17.6. The molecule has 4 aromatic rings. The zero-order chi connectivity index (χ0) is 26.6. The summed E-state index contributed by atoms with van der Waals surface area (Å²) in [4.78, 5) is 42.8. The van der Waals surface area contributed by atoms with E-state index in [1.54, 1.807) is 23.5 Å². The molecule has 38 heavy (non-hydrogen) atoms. The topological polar surface area (TPSA) is 91.7 Å². The van der Waals surface area contributed by atoms with Crippen LogP contribution in [-0.2, 0) is 16.1 Å². The van der Waals surface area contributed by atoms with Gasteiger partial charge in [0.25, 0.3) is 5.91 Å². The number of amides is 2. The van der Waals surface area contributed by atoms with Crippen LogP contribution in [0.15, 0.2) is 65.1 Å². The molecule has 2 aromatic heterocycles. The highest BCUT2D eigenvalue weighted by Gasteiger charge is 2.30. The van der Waals surface area contributed by atoms with Gasteiger partial charge in [0, 0.05) is 21.5 Å². The largest absolute Gasteiger partial charge is 0.451 e. The molecule has 5 rings (SSSR count). The number of carbonyl (C=O) groups excluding carboxylic acids is 3. The van der Waals surface area contributed by atoms with Crippen molar-refractivity contribution in [3.05, 3.63) is 71.3 Å². The van der Waals surface area contributed by atoms with Crippen LogP contribution in [0.1, 0.15) is 48.5 Å². The third-order valence-electron chi connectivity index (χ3n) is 6.89. The van der Waals surface area contributed by atoms with Gasteiger partial charge in [-0.3, -0.25) is 19.3 Å². The average molecular weight is 532 g/mol. The lowest BCUT2D eigenvalue weighted by Gasteiger charge is -2.23. The maximum Gasteiger partial charge on any atom is 0.287 e. The van der Waals surface area contributed by atoms with Crippen LogP contribution >= 0.6 is 11.3 Å². The summed E-state index contributed by atoms with van der Waals surface area (Å²) in [6, 6.07) is 18.2. The minimum absolute atomic E-state index is 0.00358. The lowest BCUT2D eigenvalue weighted by Crippen LogP contribution is -2.52. The van der Waals surface area contributed by atoms with Crippen molar-refractivity contribution in [2.45, 2.75) is 51.7 Å². The van der Waals surface area contributed by atoms with E-state index in [0.717, 1.165) is 24.9 Å². The van der Waals surface area contributed by atoms with Crippen molar-refractivity contribution in [1.82, 2.24) is 15.5 Å². The summed E-state index contributed by atoms with van der Waals surface area (Å²) >= 11 is 1.75. The molecule has 2 atom stereocenters. The van der Waals surface area contributed by atoms with Gasteiger partial charge in [-0.1, -0.05) is 50.2 Å². The van der Waals surface area contributed by atoms with Crippen LogP contribution in [0.3, 0.4) is 0 Å². The molecule has 7 nitrogen and oxygen atoms in total. The molecule has 0 radical (unpaired) electrons. The number of furan rings is 1. The van der Waals surface area contributed by atoms with Gasteiger partial charge in [-0.15, -0.1) is 11.3 Å². The van der Waals surface area contributed by atoms with Crippen molar-refractivity contribution in [3.8, 4) is 0 Å². The SMILES string of the molecule is CC(C)C[C@H](NC(=O)c1cc2ccccc2o1)C(=O)NC1CCCN(Cc2cc3ccccc3s2)CC1=O. The summed E-state index contributed by atoms with van der Waals surface area (Å²) in [7, 11) is 0. The average Bonchev–Trinajstić information content (AvgIpc) is 3.46. The van der Waals surface area contributed by atoms with E-state index < -0.39 is 18.0 Å². The van der Waals surface area contributed by atoms with Gasteiger partial charge in [-0.2, -0.15) is 0 Å². The number of ketones is 1. The molecule has 8 heteroatoms. The van der Waals surface area contributed by atoms with Crippen LogP contribution < -0.4 is 10.6 Å². The Bertz CT molecular complexity index is 1390. The first-order valence-corrected chi connectivity index (χ1v) is 14.0. The summed E-state index contributed by atoms with van der Waals surface area (Å²) in [6.45, 7) is 5.80. The third-order valence-corrected chi connectivity index (χ3v) is 7.99. The van der Waals surface area contributed by atoms with Gasteiger partial charge in [-0.05, 0) is 61.4 Å². The quantitative estimate of drug-likeness (QED) is 0.328. The lowest BCUT2D eigenvalue weighted by molar-refractivity contribution is -0.129. The van der Waals surface area contributed by atoms with E-state index in [0.29, 0.717) is 25.0 Å². The van der Waals surface area contributed by atoms with Gasteiger partial charge in [0.15, 0.2) is 11.5 Å². The summed E-state index contributed by atoms with van der Waals surface area (Å²) in [6.07, 6.45) is 1.85. The fraction of sp³-hybridized carbons (Fsp3) is 0.367. The number of benzene rings is 2. The first kappa shape index (κ1) is 26.1. The molecule has 0 bridgehead atoms. The number of nitrogens with zero attached hydrogens (tertiary/aromatic N) is 1. The van der Waals surface area contributed by atoms with Crippen molar-refractivity contribution >= 4 is 50.0 Å². The van der Waals surface area contributed by atoms with E-state index in [-0.39, 0.29) is 23.4 Å². The summed E-state index contributed by atoms with van der Waals surface area (Å²) in [5.41, 5.74) is 0.617. The van der Waals surface area contributed by atoms with E-state index in [9.17, 15) is 14.4 Å². The standard InChI is InChI=1S/C30H33N3O4S/c1-19(2)14-24(32-30(36)27-16-20-8-3-5-11-26(20)37-27)29(35)31-23-10-7-13-33(18-25(23)34)17-22-15-21-9-4-6-12-28(21)38-22/h3-6,8-9,11-12,15-16,19,23-24H,7,10,13-14,17-18H2,1-2H3,(H,31,35)(H,32,36)/t23?,24-/m0/s1. The number of likely N-dealkylation sites (tertiary alicyclic amines) is 1. The second-order valence-electron chi connectivity index (χ2n) is 10.4. The number of nitrogens with one attached hydrogen (secondary N) is 2. The Balaban J connectivity index is 1.21. The molecule has 3 heterocycles. The second-order valence-corrected chi connectivity index (χ2v) is 11.6. The Hall–Kier alpha value is -3.49. The lowest BCUT2D eigenvalue weighted by atomic mass is 10.0. The van der Waals surface area contributed by atoms with Crippen LogP contribution in [0, 0.1) is 5.92 Å². The molecule has 0 aliphatic carbocycles.